The van der Waals surface area contributed by atoms with E-state index in [9.17, 15) is 9.18 Å². The van der Waals surface area contributed by atoms with Crippen molar-refractivity contribution in [3.05, 3.63) is 86.1 Å². The third kappa shape index (κ3) is 2.25. The summed E-state index contributed by atoms with van der Waals surface area (Å²) in [4.78, 5) is 19.0. The van der Waals surface area contributed by atoms with Gasteiger partial charge >= 0.3 is 0 Å². The van der Waals surface area contributed by atoms with Gasteiger partial charge in [0.1, 0.15) is 10.6 Å². The van der Waals surface area contributed by atoms with Crippen LogP contribution in [0.4, 0.5) is 4.39 Å². The Morgan fingerprint density at radius 3 is 2.52 bits per heavy atom. The van der Waals surface area contributed by atoms with E-state index in [1.54, 1.807) is 23.5 Å². The summed E-state index contributed by atoms with van der Waals surface area (Å²) in [5, 5.41) is 3.32. The zero-order valence-electron chi connectivity index (χ0n) is 14.8. The number of fused-ring (bicyclic) bond motifs is 5. The van der Waals surface area contributed by atoms with Gasteiger partial charge in [-0.25, -0.2) is 4.39 Å². The van der Waals surface area contributed by atoms with E-state index < -0.39 is 0 Å². The molecule has 2 aromatic carbocycles. The fourth-order valence-corrected chi connectivity index (χ4v) is 4.79. The van der Waals surface area contributed by atoms with E-state index in [-0.39, 0.29) is 11.4 Å². The zero-order chi connectivity index (χ0) is 18.7. The molecule has 0 amide bonds. The fourth-order valence-electron chi connectivity index (χ4n) is 3.62. The maximum Gasteiger partial charge on any atom is 0.282 e. The molecule has 0 N–H and O–H groups in total. The fraction of sp³-hybridized carbons (Fsp3) is 0.0909. The van der Waals surface area contributed by atoms with E-state index in [1.165, 1.54) is 6.07 Å². The Labute approximate surface area is 158 Å². The predicted molar refractivity (Wildman–Crippen MR) is 109 cm³/mol. The van der Waals surface area contributed by atoms with Crippen LogP contribution in [0.25, 0.3) is 32.7 Å². The van der Waals surface area contributed by atoms with Crippen LogP contribution >= 0.6 is 11.3 Å². The smallest absolute Gasteiger partial charge is 0.282 e. The van der Waals surface area contributed by atoms with Crippen LogP contribution in [0.3, 0.4) is 0 Å². The Kier molecular flexibility index (Phi) is 3.42. The summed E-state index contributed by atoms with van der Waals surface area (Å²) in [6.45, 7) is 3.96. The van der Waals surface area contributed by atoms with Crippen molar-refractivity contribution < 1.29 is 4.39 Å². The molecule has 5 heteroatoms. The largest absolute Gasteiger partial charge is 0.284 e. The maximum atomic E-state index is 14.3. The highest BCUT2D eigenvalue weighted by molar-refractivity contribution is 7.18. The average Bonchev–Trinajstić information content (AvgIpc) is 3.13. The molecule has 0 fully saturated rings. The molecule has 5 rings (SSSR count). The van der Waals surface area contributed by atoms with E-state index in [1.807, 2.05) is 54.7 Å². The highest BCUT2D eigenvalue weighted by Gasteiger charge is 2.17. The van der Waals surface area contributed by atoms with Crippen LogP contribution in [-0.2, 0) is 0 Å². The van der Waals surface area contributed by atoms with E-state index in [4.69, 9.17) is 0 Å². The van der Waals surface area contributed by atoms with E-state index in [0.717, 1.165) is 31.4 Å². The molecule has 132 valence electrons. The molecule has 3 nitrogen and oxygen atoms in total. The summed E-state index contributed by atoms with van der Waals surface area (Å²) in [5.74, 6) is -0.278. The van der Waals surface area contributed by atoms with Crippen molar-refractivity contribution in [1.82, 2.24) is 9.38 Å². The molecule has 0 aliphatic heterocycles. The van der Waals surface area contributed by atoms with Gasteiger partial charge in [-0.15, -0.1) is 11.3 Å². The van der Waals surface area contributed by atoms with E-state index in [2.05, 4.69) is 4.98 Å². The molecule has 0 aliphatic rings. The minimum atomic E-state index is -0.278. The third-order valence-corrected chi connectivity index (χ3v) is 6.28. The highest BCUT2D eigenvalue weighted by Crippen LogP contribution is 2.29. The summed E-state index contributed by atoms with van der Waals surface area (Å²) in [5.41, 5.74) is 1.88. The van der Waals surface area contributed by atoms with Crippen molar-refractivity contribution in [2.45, 2.75) is 13.8 Å². The van der Waals surface area contributed by atoms with E-state index >= 15 is 0 Å². The van der Waals surface area contributed by atoms with Crippen molar-refractivity contribution in [2.75, 3.05) is 0 Å². The summed E-state index contributed by atoms with van der Waals surface area (Å²) >= 11 is 1.58. The topological polar surface area (TPSA) is 34.4 Å². The van der Waals surface area contributed by atoms with Crippen molar-refractivity contribution in [2.24, 2.45) is 0 Å². The van der Waals surface area contributed by atoms with Crippen molar-refractivity contribution in [3.8, 4) is 0 Å². The van der Waals surface area contributed by atoms with Crippen LogP contribution in [0.15, 0.2) is 53.3 Å². The normalized spacial score (nSPS) is 12.6. The first-order valence-electron chi connectivity index (χ1n) is 8.65. The monoisotopic (exact) mass is 374 g/mol. The standard InChI is InChI=1S/C22H15FN2OS/c1-12-13(2)27-22-19(12)21(26)24-20-16-9-5-4-8-15(16)18(25(20)22)11-14-7-3-6-10-17(14)23/h3-11H,1-2H3/b18-11+. The lowest BCUT2D eigenvalue weighted by molar-refractivity contribution is 0.625. The Balaban J connectivity index is 2.10. The second-order valence-corrected chi connectivity index (χ2v) is 7.84. The predicted octanol–water partition coefficient (Wildman–Crippen LogP) is 4.37. The second-order valence-electron chi connectivity index (χ2n) is 6.64. The SMILES string of the molecule is Cc1sc2c(c1C)c(=O)nc1c3ccccc3/c(=C\c3ccccc3F)n12. The minimum absolute atomic E-state index is 0.208. The summed E-state index contributed by atoms with van der Waals surface area (Å²) in [7, 11) is 0. The lowest BCUT2D eigenvalue weighted by Gasteiger charge is -1.99. The van der Waals surface area contributed by atoms with Crippen LogP contribution in [0.1, 0.15) is 16.0 Å². The second kappa shape index (κ2) is 5.72. The molecule has 5 aromatic rings. The molecule has 0 unspecified atom stereocenters. The van der Waals surface area contributed by atoms with Gasteiger partial charge in [-0.1, -0.05) is 42.5 Å². The maximum absolute atomic E-state index is 14.3. The van der Waals surface area contributed by atoms with Gasteiger partial charge in [0.25, 0.3) is 5.56 Å². The van der Waals surface area contributed by atoms with Gasteiger partial charge in [0.2, 0.25) is 0 Å². The number of benzene rings is 2. The first-order valence-corrected chi connectivity index (χ1v) is 9.47. The van der Waals surface area contributed by atoms with Crippen molar-refractivity contribution in [1.29, 1.82) is 0 Å². The van der Waals surface area contributed by atoms with Crippen LogP contribution in [0.2, 0.25) is 0 Å². The molecule has 0 saturated heterocycles. The summed E-state index contributed by atoms with van der Waals surface area (Å²) in [6.07, 6.45) is 1.83. The van der Waals surface area contributed by atoms with E-state index in [0.29, 0.717) is 16.6 Å². The van der Waals surface area contributed by atoms with Gasteiger partial charge in [0, 0.05) is 21.2 Å². The first kappa shape index (κ1) is 16.1. The molecule has 0 spiro atoms. The van der Waals surface area contributed by atoms with Gasteiger partial charge in [-0.05, 0) is 31.6 Å². The molecule has 0 radical (unpaired) electrons. The Morgan fingerprint density at radius 1 is 1.04 bits per heavy atom. The molecule has 3 aromatic heterocycles. The lowest BCUT2D eigenvalue weighted by Crippen LogP contribution is -2.15. The molecule has 27 heavy (non-hydrogen) atoms. The van der Waals surface area contributed by atoms with Gasteiger partial charge in [-0.2, -0.15) is 4.98 Å². The van der Waals surface area contributed by atoms with Crippen LogP contribution in [0, 0.1) is 19.7 Å². The Hall–Kier alpha value is -3.05. The third-order valence-electron chi connectivity index (χ3n) is 5.09. The average molecular weight is 374 g/mol. The Bertz CT molecular complexity index is 1480. The minimum Gasteiger partial charge on any atom is -0.284 e. The Morgan fingerprint density at radius 2 is 1.74 bits per heavy atom. The molecular weight excluding hydrogens is 359 g/mol. The highest BCUT2D eigenvalue weighted by atomic mass is 32.1. The lowest BCUT2D eigenvalue weighted by atomic mass is 10.1. The number of halogens is 1. The number of rotatable bonds is 1. The van der Waals surface area contributed by atoms with Crippen LogP contribution < -0.4 is 10.9 Å². The molecular formula is C22H15FN2OS. The van der Waals surface area contributed by atoms with Gasteiger partial charge in [0.15, 0.2) is 5.65 Å². The van der Waals surface area contributed by atoms with Crippen molar-refractivity contribution >= 4 is 44.0 Å². The van der Waals surface area contributed by atoms with Crippen LogP contribution in [-0.4, -0.2) is 9.38 Å². The molecule has 0 bridgehead atoms. The number of aromatic nitrogens is 2. The molecule has 0 aliphatic carbocycles. The number of nitrogens with zero attached hydrogens (tertiary/aromatic N) is 2. The molecule has 3 heterocycles. The number of aryl methyl sites for hydroxylation is 2. The number of hydrogen-bond donors (Lipinski definition) is 0. The number of hydrogen-bond acceptors (Lipinski definition) is 3. The van der Waals surface area contributed by atoms with Crippen LogP contribution in [0.5, 0.6) is 0 Å². The first-order chi connectivity index (χ1) is 13.1. The quantitative estimate of drug-likeness (QED) is 0.437. The van der Waals surface area contributed by atoms with Gasteiger partial charge in [-0.3, -0.25) is 9.20 Å². The van der Waals surface area contributed by atoms with Gasteiger partial charge < -0.3 is 0 Å². The van der Waals surface area contributed by atoms with Crippen molar-refractivity contribution in [3.63, 3.8) is 0 Å². The summed E-state index contributed by atoms with van der Waals surface area (Å²) < 4.78 is 16.3. The molecule has 0 atom stereocenters. The summed E-state index contributed by atoms with van der Waals surface area (Å²) in [6, 6.07) is 14.5. The number of thiophene rings is 1. The van der Waals surface area contributed by atoms with Gasteiger partial charge in [0.05, 0.1) is 10.7 Å². The zero-order valence-corrected chi connectivity index (χ0v) is 15.6. The molecule has 0 saturated carbocycles.